The molecule has 16 heavy (non-hydrogen) atoms. The van der Waals surface area contributed by atoms with Gasteiger partial charge in [0.2, 0.25) is 0 Å². The van der Waals surface area contributed by atoms with Gasteiger partial charge in [-0.3, -0.25) is 0 Å². The summed E-state index contributed by atoms with van der Waals surface area (Å²) >= 11 is 0. The minimum atomic E-state index is 0.856. The normalized spacial score (nSPS) is 10.6. The van der Waals surface area contributed by atoms with Crippen molar-refractivity contribution in [1.29, 1.82) is 0 Å². The Morgan fingerprint density at radius 3 is 2.69 bits per heavy atom. The van der Waals surface area contributed by atoms with Gasteiger partial charge in [0.05, 0.1) is 19.5 Å². The second-order valence-electron chi connectivity index (χ2n) is 3.29. The first kappa shape index (κ1) is 10.4. The lowest BCUT2D eigenvalue weighted by molar-refractivity contribution is 0.414. The minimum absolute atomic E-state index is 0.856. The lowest BCUT2D eigenvalue weighted by Crippen LogP contribution is -1.82. The van der Waals surface area contributed by atoms with E-state index >= 15 is 0 Å². The molecule has 3 nitrogen and oxygen atoms in total. The van der Waals surface area contributed by atoms with Gasteiger partial charge < -0.3 is 4.74 Å². The molecule has 0 radical (unpaired) electrons. The van der Waals surface area contributed by atoms with Crippen molar-refractivity contribution in [2.45, 2.75) is 0 Å². The Balaban J connectivity index is 2.17. The van der Waals surface area contributed by atoms with Crippen molar-refractivity contribution in [2.75, 3.05) is 7.11 Å². The summed E-state index contributed by atoms with van der Waals surface area (Å²) in [6.07, 6.45) is 7.39. The van der Waals surface area contributed by atoms with Crippen LogP contribution in [-0.4, -0.2) is 17.3 Å². The molecule has 3 heteroatoms. The third kappa shape index (κ3) is 2.67. The van der Waals surface area contributed by atoms with Crippen molar-refractivity contribution < 1.29 is 4.74 Å². The van der Waals surface area contributed by atoms with Gasteiger partial charge in [-0.2, -0.15) is 10.2 Å². The largest absolute Gasteiger partial charge is 0.497 e. The molecule has 1 heterocycles. The van der Waals surface area contributed by atoms with E-state index in [2.05, 4.69) is 10.2 Å². The van der Waals surface area contributed by atoms with Crippen molar-refractivity contribution in [1.82, 2.24) is 10.2 Å². The Kier molecular flexibility index (Phi) is 3.28. The molecular weight excluding hydrogens is 200 g/mol. The molecule has 0 amide bonds. The molecule has 0 saturated carbocycles. The number of methoxy groups -OCH3 is 1. The third-order valence-corrected chi connectivity index (χ3v) is 2.17. The Bertz CT molecular complexity index is 480. The lowest BCUT2D eigenvalue weighted by Gasteiger charge is -1.99. The third-order valence-electron chi connectivity index (χ3n) is 2.17. The zero-order chi connectivity index (χ0) is 11.2. The fraction of sp³-hybridized carbons (Fsp3) is 0.0769. The van der Waals surface area contributed by atoms with E-state index in [0.717, 1.165) is 16.9 Å². The number of aromatic nitrogens is 2. The van der Waals surface area contributed by atoms with Gasteiger partial charge in [-0.15, -0.1) is 0 Å². The average Bonchev–Trinajstić information content (AvgIpc) is 2.38. The molecule has 2 aromatic rings. The fourth-order valence-corrected chi connectivity index (χ4v) is 1.34. The van der Waals surface area contributed by atoms with E-state index in [9.17, 15) is 0 Å². The zero-order valence-corrected chi connectivity index (χ0v) is 9.00. The number of hydrogen-bond donors (Lipinski definition) is 0. The standard InChI is InChI=1S/C13H12N2O/c1-16-13-4-2-3-11(9-13)5-6-12-7-8-14-15-10-12/h2-10H,1H3/b6-5+. The summed E-state index contributed by atoms with van der Waals surface area (Å²) in [5.41, 5.74) is 2.12. The van der Waals surface area contributed by atoms with Gasteiger partial charge in [0, 0.05) is 0 Å². The first-order valence-electron chi connectivity index (χ1n) is 4.97. The molecule has 0 unspecified atom stereocenters. The predicted octanol–water partition coefficient (Wildman–Crippen LogP) is 2.66. The molecule has 0 bridgehead atoms. The summed E-state index contributed by atoms with van der Waals surface area (Å²) < 4.78 is 5.15. The van der Waals surface area contributed by atoms with Gasteiger partial charge in [-0.1, -0.05) is 24.3 Å². The highest BCUT2D eigenvalue weighted by Crippen LogP contribution is 2.14. The van der Waals surface area contributed by atoms with Crippen molar-refractivity contribution in [3.8, 4) is 5.75 Å². The molecule has 0 spiro atoms. The first-order valence-corrected chi connectivity index (χ1v) is 4.97. The van der Waals surface area contributed by atoms with Gasteiger partial charge in [0.1, 0.15) is 5.75 Å². The molecule has 0 N–H and O–H groups in total. The topological polar surface area (TPSA) is 35.0 Å². The molecule has 0 fully saturated rings. The van der Waals surface area contributed by atoms with Gasteiger partial charge in [-0.05, 0) is 29.3 Å². The van der Waals surface area contributed by atoms with E-state index in [1.807, 2.05) is 42.5 Å². The Hall–Kier alpha value is -2.16. The molecule has 1 aromatic heterocycles. The summed E-state index contributed by atoms with van der Waals surface area (Å²) in [7, 11) is 1.66. The number of ether oxygens (including phenoxy) is 1. The monoisotopic (exact) mass is 212 g/mol. The van der Waals surface area contributed by atoms with Crippen LogP contribution in [0.3, 0.4) is 0 Å². The Morgan fingerprint density at radius 2 is 1.94 bits per heavy atom. The average molecular weight is 212 g/mol. The number of nitrogens with zero attached hydrogens (tertiary/aromatic N) is 2. The van der Waals surface area contributed by atoms with E-state index in [1.54, 1.807) is 19.5 Å². The highest BCUT2D eigenvalue weighted by atomic mass is 16.5. The molecule has 1 aromatic carbocycles. The van der Waals surface area contributed by atoms with Crippen LogP contribution in [-0.2, 0) is 0 Å². The second-order valence-corrected chi connectivity index (χ2v) is 3.29. The summed E-state index contributed by atoms with van der Waals surface area (Å²) in [5, 5.41) is 7.53. The van der Waals surface area contributed by atoms with E-state index in [1.165, 1.54) is 0 Å². The highest BCUT2D eigenvalue weighted by molar-refractivity contribution is 5.69. The minimum Gasteiger partial charge on any atom is -0.497 e. The Morgan fingerprint density at radius 1 is 1.06 bits per heavy atom. The number of benzene rings is 1. The van der Waals surface area contributed by atoms with Crippen LogP contribution in [0.2, 0.25) is 0 Å². The second kappa shape index (κ2) is 5.07. The van der Waals surface area contributed by atoms with Gasteiger partial charge >= 0.3 is 0 Å². The first-order chi connectivity index (χ1) is 7.88. The van der Waals surface area contributed by atoms with E-state index < -0.39 is 0 Å². The molecule has 0 aliphatic carbocycles. The number of rotatable bonds is 3. The fourth-order valence-electron chi connectivity index (χ4n) is 1.34. The van der Waals surface area contributed by atoms with Gasteiger partial charge in [0.15, 0.2) is 0 Å². The molecule has 0 saturated heterocycles. The van der Waals surface area contributed by atoms with Gasteiger partial charge in [0.25, 0.3) is 0 Å². The highest BCUT2D eigenvalue weighted by Gasteiger charge is 1.91. The van der Waals surface area contributed by atoms with Crippen molar-refractivity contribution in [3.63, 3.8) is 0 Å². The Labute approximate surface area is 94.4 Å². The number of hydrogen-bond acceptors (Lipinski definition) is 3. The smallest absolute Gasteiger partial charge is 0.119 e. The summed E-state index contributed by atoms with van der Waals surface area (Å²) in [4.78, 5) is 0. The van der Waals surface area contributed by atoms with Crippen LogP contribution in [0.15, 0.2) is 42.7 Å². The van der Waals surface area contributed by atoms with Crippen LogP contribution in [0.25, 0.3) is 12.2 Å². The molecule has 0 atom stereocenters. The van der Waals surface area contributed by atoms with Crippen LogP contribution < -0.4 is 4.74 Å². The lowest BCUT2D eigenvalue weighted by atomic mass is 10.1. The molecule has 80 valence electrons. The maximum Gasteiger partial charge on any atom is 0.119 e. The van der Waals surface area contributed by atoms with E-state index in [0.29, 0.717) is 0 Å². The molecule has 2 rings (SSSR count). The summed E-state index contributed by atoms with van der Waals surface area (Å²) in [5.74, 6) is 0.856. The van der Waals surface area contributed by atoms with Crippen LogP contribution in [0, 0.1) is 0 Å². The summed E-state index contributed by atoms with van der Waals surface area (Å²) in [6.45, 7) is 0. The van der Waals surface area contributed by atoms with E-state index in [4.69, 9.17) is 4.74 Å². The van der Waals surface area contributed by atoms with Crippen molar-refractivity contribution >= 4 is 12.2 Å². The SMILES string of the molecule is COc1cccc(/C=C/c2ccnnc2)c1. The van der Waals surface area contributed by atoms with Gasteiger partial charge in [-0.25, -0.2) is 0 Å². The van der Waals surface area contributed by atoms with Crippen LogP contribution in [0.5, 0.6) is 5.75 Å². The zero-order valence-electron chi connectivity index (χ0n) is 9.00. The summed E-state index contributed by atoms with van der Waals surface area (Å²) in [6, 6.07) is 9.79. The van der Waals surface area contributed by atoms with Crippen LogP contribution in [0.1, 0.15) is 11.1 Å². The quantitative estimate of drug-likeness (QED) is 0.784. The van der Waals surface area contributed by atoms with Crippen molar-refractivity contribution in [2.24, 2.45) is 0 Å². The van der Waals surface area contributed by atoms with Crippen LogP contribution >= 0.6 is 0 Å². The predicted molar refractivity (Wildman–Crippen MR) is 64.0 cm³/mol. The van der Waals surface area contributed by atoms with Crippen LogP contribution in [0.4, 0.5) is 0 Å². The maximum atomic E-state index is 5.15. The molecule has 0 aliphatic heterocycles. The molecular formula is C13H12N2O. The van der Waals surface area contributed by atoms with E-state index in [-0.39, 0.29) is 0 Å². The maximum absolute atomic E-state index is 5.15. The molecule has 0 aliphatic rings. The van der Waals surface area contributed by atoms with Crippen molar-refractivity contribution in [3.05, 3.63) is 53.9 Å².